The van der Waals surface area contributed by atoms with Gasteiger partial charge in [0.05, 0.1) is 24.2 Å². The van der Waals surface area contributed by atoms with Crippen molar-refractivity contribution >= 4 is 0 Å². The number of likely N-dealkylation sites (tertiary alicyclic amines) is 1. The van der Waals surface area contributed by atoms with Crippen LogP contribution in [0.15, 0.2) is 36.7 Å². The largest absolute Gasteiger partial charge is 0.299 e. The highest BCUT2D eigenvalue weighted by atomic mass is 15.5. The average Bonchev–Trinajstić information content (AvgIpc) is 3.05. The number of nitrogens with zero attached hydrogens (tertiary/aromatic N) is 5. The van der Waals surface area contributed by atoms with Gasteiger partial charge in [0.15, 0.2) is 0 Å². The SMILES string of the molecule is CC1(CC#N)CCN(Cc2ccc(-n3nccn3)cc2)CC1. The highest BCUT2D eigenvalue weighted by molar-refractivity contribution is 5.32. The van der Waals surface area contributed by atoms with Crippen LogP contribution in [0.3, 0.4) is 0 Å². The van der Waals surface area contributed by atoms with Crippen LogP contribution in [0, 0.1) is 16.7 Å². The van der Waals surface area contributed by atoms with Gasteiger partial charge in [-0.3, -0.25) is 4.90 Å². The lowest BCUT2D eigenvalue weighted by Crippen LogP contribution is -2.38. The van der Waals surface area contributed by atoms with Crippen molar-refractivity contribution in [3.05, 3.63) is 42.2 Å². The van der Waals surface area contributed by atoms with Gasteiger partial charge in [0, 0.05) is 13.0 Å². The summed E-state index contributed by atoms with van der Waals surface area (Å²) in [6, 6.07) is 10.7. The van der Waals surface area contributed by atoms with Gasteiger partial charge in [-0.15, -0.1) is 0 Å². The molecule has 0 saturated carbocycles. The molecule has 114 valence electrons. The summed E-state index contributed by atoms with van der Waals surface area (Å²) in [5.41, 5.74) is 2.50. The van der Waals surface area contributed by atoms with E-state index in [4.69, 9.17) is 5.26 Å². The molecule has 3 rings (SSSR count). The van der Waals surface area contributed by atoms with E-state index in [0.717, 1.165) is 38.2 Å². The molecule has 1 saturated heterocycles. The normalized spacial score (nSPS) is 18.0. The lowest BCUT2D eigenvalue weighted by Gasteiger charge is -2.38. The van der Waals surface area contributed by atoms with E-state index in [1.807, 2.05) is 0 Å². The molecule has 1 aliphatic heterocycles. The Morgan fingerprint density at radius 3 is 2.36 bits per heavy atom. The van der Waals surface area contributed by atoms with Gasteiger partial charge in [0.2, 0.25) is 0 Å². The highest BCUT2D eigenvalue weighted by Gasteiger charge is 2.29. The van der Waals surface area contributed by atoms with Crippen molar-refractivity contribution in [3.8, 4) is 11.8 Å². The fourth-order valence-electron chi connectivity index (χ4n) is 2.96. The topological polar surface area (TPSA) is 57.7 Å². The number of benzene rings is 1. The predicted octanol–water partition coefficient (Wildman–Crippen LogP) is 2.78. The molecule has 0 aliphatic carbocycles. The van der Waals surface area contributed by atoms with Crippen molar-refractivity contribution in [2.45, 2.75) is 32.7 Å². The van der Waals surface area contributed by atoms with Crippen molar-refractivity contribution in [1.82, 2.24) is 19.9 Å². The fraction of sp³-hybridized carbons (Fsp3) is 0.471. The number of nitriles is 1. The summed E-state index contributed by atoms with van der Waals surface area (Å²) < 4.78 is 0. The second-order valence-corrected chi connectivity index (χ2v) is 6.41. The summed E-state index contributed by atoms with van der Waals surface area (Å²) >= 11 is 0. The minimum atomic E-state index is 0.209. The molecule has 1 aliphatic rings. The van der Waals surface area contributed by atoms with E-state index in [0.29, 0.717) is 6.42 Å². The highest BCUT2D eigenvalue weighted by Crippen LogP contribution is 2.34. The molecule has 2 aromatic rings. The van der Waals surface area contributed by atoms with Crippen LogP contribution < -0.4 is 0 Å². The van der Waals surface area contributed by atoms with Gasteiger partial charge in [0.1, 0.15) is 0 Å². The van der Waals surface area contributed by atoms with Crippen LogP contribution in [0.4, 0.5) is 0 Å². The van der Waals surface area contributed by atoms with Crippen molar-refractivity contribution in [1.29, 1.82) is 5.26 Å². The molecule has 0 bridgehead atoms. The van der Waals surface area contributed by atoms with Crippen LogP contribution in [0.1, 0.15) is 31.7 Å². The van der Waals surface area contributed by atoms with Crippen molar-refractivity contribution in [3.63, 3.8) is 0 Å². The maximum atomic E-state index is 8.91. The van der Waals surface area contributed by atoms with Gasteiger partial charge in [-0.25, -0.2) is 0 Å². The number of piperidine rings is 1. The Bertz CT molecular complexity index is 631. The Morgan fingerprint density at radius 1 is 1.14 bits per heavy atom. The summed E-state index contributed by atoms with van der Waals surface area (Å²) in [6.07, 6.45) is 6.25. The first-order valence-electron chi connectivity index (χ1n) is 7.73. The molecule has 0 spiro atoms. The molecule has 1 fully saturated rings. The monoisotopic (exact) mass is 295 g/mol. The number of hydrogen-bond acceptors (Lipinski definition) is 4. The molecule has 22 heavy (non-hydrogen) atoms. The molecule has 0 unspecified atom stereocenters. The Balaban J connectivity index is 1.57. The number of aromatic nitrogens is 3. The molecule has 5 heteroatoms. The molecule has 1 aromatic heterocycles. The summed E-state index contributed by atoms with van der Waals surface area (Å²) in [5, 5.41) is 17.2. The van der Waals surface area contributed by atoms with Gasteiger partial charge in [-0.2, -0.15) is 20.3 Å². The molecular weight excluding hydrogens is 274 g/mol. The van der Waals surface area contributed by atoms with Crippen LogP contribution >= 0.6 is 0 Å². The third-order valence-corrected chi connectivity index (χ3v) is 4.56. The minimum Gasteiger partial charge on any atom is -0.299 e. The maximum Gasteiger partial charge on any atom is 0.0856 e. The smallest absolute Gasteiger partial charge is 0.0856 e. The van der Waals surface area contributed by atoms with E-state index in [-0.39, 0.29) is 5.41 Å². The van der Waals surface area contributed by atoms with E-state index in [1.165, 1.54) is 5.56 Å². The second-order valence-electron chi connectivity index (χ2n) is 6.41. The number of hydrogen-bond donors (Lipinski definition) is 0. The zero-order valence-electron chi connectivity index (χ0n) is 12.9. The number of rotatable bonds is 4. The Labute approximate surface area is 131 Å². The molecule has 0 radical (unpaired) electrons. The van der Waals surface area contributed by atoms with Gasteiger partial charge in [-0.1, -0.05) is 19.1 Å². The van der Waals surface area contributed by atoms with Crippen molar-refractivity contribution in [2.75, 3.05) is 13.1 Å². The molecule has 5 nitrogen and oxygen atoms in total. The lowest BCUT2D eigenvalue weighted by molar-refractivity contribution is 0.116. The first-order chi connectivity index (χ1) is 10.7. The van der Waals surface area contributed by atoms with Crippen LogP contribution in [-0.4, -0.2) is 33.0 Å². The van der Waals surface area contributed by atoms with Crippen molar-refractivity contribution in [2.24, 2.45) is 5.41 Å². The summed E-state index contributed by atoms with van der Waals surface area (Å²) in [5.74, 6) is 0. The first kappa shape index (κ1) is 14.7. The zero-order chi connectivity index (χ0) is 15.4. The molecule has 0 N–H and O–H groups in total. The third-order valence-electron chi connectivity index (χ3n) is 4.56. The first-order valence-corrected chi connectivity index (χ1v) is 7.73. The standard InChI is InChI=1S/C17H21N5/c1-17(6-9-18)7-12-21(13-8-17)14-15-2-4-16(5-3-15)22-19-10-11-20-22/h2-5,10-11H,6-8,12-14H2,1H3. The Morgan fingerprint density at radius 2 is 1.77 bits per heavy atom. The van der Waals surface area contributed by atoms with E-state index in [9.17, 15) is 0 Å². The summed E-state index contributed by atoms with van der Waals surface area (Å²) in [6.45, 7) is 5.34. The lowest BCUT2D eigenvalue weighted by atomic mass is 9.78. The average molecular weight is 295 g/mol. The van der Waals surface area contributed by atoms with Gasteiger partial charge in [-0.05, 0) is 49.0 Å². The maximum absolute atomic E-state index is 8.91. The predicted molar refractivity (Wildman–Crippen MR) is 84.2 cm³/mol. The molecule has 2 heterocycles. The van der Waals surface area contributed by atoms with Gasteiger partial charge in [0.25, 0.3) is 0 Å². The Hall–Kier alpha value is -2.19. The van der Waals surface area contributed by atoms with Crippen LogP contribution in [0.5, 0.6) is 0 Å². The zero-order valence-corrected chi connectivity index (χ0v) is 12.9. The molecule has 0 amide bonds. The summed E-state index contributed by atoms with van der Waals surface area (Å²) in [4.78, 5) is 4.10. The van der Waals surface area contributed by atoms with E-state index < -0.39 is 0 Å². The summed E-state index contributed by atoms with van der Waals surface area (Å²) in [7, 11) is 0. The second kappa shape index (κ2) is 6.29. The fourth-order valence-corrected chi connectivity index (χ4v) is 2.96. The van der Waals surface area contributed by atoms with Gasteiger partial charge < -0.3 is 0 Å². The third kappa shape index (κ3) is 3.34. The van der Waals surface area contributed by atoms with E-state index in [2.05, 4.69) is 52.4 Å². The molecular formula is C17H21N5. The molecule has 0 atom stereocenters. The molecule has 1 aromatic carbocycles. The van der Waals surface area contributed by atoms with Crippen LogP contribution in [0.2, 0.25) is 0 Å². The Kier molecular flexibility index (Phi) is 4.21. The van der Waals surface area contributed by atoms with E-state index >= 15 is 0 Å². The van der Waals surface area contributed by atoms with Crippen molar-refractivity contribution < 1.29 is 0 Å². The van der Waals surface area contributed by atoms with E-state index in [1.54, 1.807) is 17.2 Å². The van der Waals surface area contributed by atoms with Crippen LogP contribution in [0.25, 0.3) is 5.69 Å². The van der Waals surface area contributed by atoms with Gasteiger partial charge >= 0.3 is 0 Å². The van der Waals surface area contributed by atoms with Crippen LogP contribution in [-0.2, 0) is 6.54 Å². The minimum absolute atomic E-state index is 0.209. The quantitative estimate of drug-likeness (QED) is 0.870.